The zero-order valence-corrected chi connectivity index (χ0v) is 16.3. The molecular weight excluding hydrogens is 404 g/mol. The quantitative estimate of drug-likeness (QED) is 0.464. The molecule has 0 saturated carbocycles. The van der Waals surface area contributed by atoms with Gasteiger partial charge in [0.15, 0.2) is 0 Å². The summed E-state index contributed by atoms with van der Waals surface area (Å²) in [5.74, 6) is 0. The van der Waals surface area contributed by atoms with Crippen LogP contribution in [0.15, 0.2) is 60.9 Å². The Morgan fingerprint density at radius 2 is 1.96 bits per heavy atom. The van der Waals surface area contributed by atoms with Gasteiger partial charge in [0.25, 0.3) is 0 Å². The summed E-state index contributed by atoms with van der Waals surface area (Å²) in [4.78, 5) is 7.01. The highest BCUT2D eigenvalue weighted by Gasteiger charge is 2.19. The Morgan fingerprint density at radius 1 is 1.07 bits per heavy atom. The van der Waals surface area contributed by atoms with Crippen LogP contribution in [-0.2, 0) is 11.3 Å². The minimum absolute atomic E-state index is 0.0736. The van der Waals surface area contributed by atoms with Gasteiger partial charge in [-0.3, -0.25) is 9.67 Å². The number of nitrogens with zero attached hydrogens (tertiary/aromatic N) is 4. The van der Waals surface area contributed by atoms with Gasteiger partial charge in [0.2, 0.25) is 0 Å². The Morgan fingerprint density at radius 3 is 2.81 bits per heavy atom. The van der Waals surface area contributed by atoms with Crippen molar-refractivity contribution in [3.63, 3.8) is 0 Å². The summed E-state index contributed by atoms with van der Waals surface area (Å²) in [7, 11) is 0. The van der Waals surface area contributed by atoms with E-state index in [1.54, 1.807) is 0 Å². The molecular formula is C21H19BrN4O. The first-order valence-corrected chi connectivity index (χ1v) is 9.98. The van der Waals surface area contributed by atoms with Gasteiger partial charge in [-0.25, -0.2) is 0 Å². The van der Waals surface area contributed by atoms with Crippen molar-refractivity contribution in [3.8, 4) is 0 Å². The normalized spacial score (nSPS) is 17.7. The van der Waals surface area contributed by atoms with Crippen molar-refractivity contribution >= 4 is 43.4 Å². The van der Waals surface area contributed by atoms with Crippen LogP contribution < -0.4 is 4.90 Å². The standard InChI is InChI=1S/C21H19BrN4O/c22-21-14-25(8-9-27-21)16-6-7-19-17(10-16)18-11-24-26(20(18)12-23-19)13-15-4-2-1-3-5-15/h1-7,10-12,21H,8-9,13-14H2. The summed E-state index contributed by atoms with van der Waals surface area (Å²) in [6, 6.07) is 16.8. The number of benzene rings is 2. The number of fused-ring (bicyclic) bond motifs is 3. The van der Waals surface area contributed by atoms with E-state index in [-0.39, 0.29) is 5.01 Å². The molecule has 1 unspecified atom stereocenters. The fraction of sp³-hybridized carbons (Fsp3) is 0.238. The number of pyridine rings is 1. The zero-order chi connectivity index (χ0) is 18.2. The van der Waals surface area contributed by atoms with Crippen LogP contribution >= 0.6 is 15.9 Å². The Kier molecular flexibility index (Phi) is 4.30. The summed E-state index contributed by atoms with van der Waals surface area (Å²) in [5, 5.41) is 6.99. The minimum Gasteiger partial charge on any atom is -0.366 e. The molecule has 27 heavy (non-hydrogen) atoms. The van der Waals surface area contributed by atoms with Crippen molar-refractivity contribution in [2.24, 2.45) is 0 Å². The van der Waals surface area contributed by atoms with Gasteiger partial charge in [0.05, 0.1) is 43.1 Å². The summed E-state index contributed by atoms with van der Waals surface area (Å²) >= 11 is 3.56. The third-order valence-electron chi connectivity index (χ3n) is 5.04. The second-order valence-corrected chi connectivity index (χ2v) is 7.79. The van der Waals surface area contributed by atoms with E-state index in [1.165, 1.54) is 11.3 Å². The highest BCUT2D eigenvalue weighted by Crippen LogP contribution is 2.29. The van der Waals surface area contributed by atoms with Gasteiger partial charge >= 0.3 is 0 Å². The van der Waals surface area contributed by atoms with Crippen LogP contribution in [0, 0.1) is 0 Å². The number of ether oxygens (including phenoxy) is 1. The van der Waals surface area contributed by atoms with Crippen LogP contribution in [0.4, 0.5) is 5.69 Å². The molecule has 0 N–H and O–H groups in total. The topological polar surface area (TPSA) is 43.2 Å². The lowest BCUT2D eigenvalue weighted by molar-refractivity contribution is 0.103. The van der Waals surface area contributed by atoms with E-state index >= 15 is 0 Å². The average Bonchev–Trinajstić information content (AvgIpc) is 3.12. The van der Waals surface area contributed by atoms with E-state index < -0.39 is 0 Å². The molecule has 0 spiro atoms. The van der Waals surface area contributed by atoms with Gasteiger partial charge in [-0.1, -0.05) is 46.3 Å². The van der Waals surface area contributed by atoms with Gasteiger partial charge in [-0.2, -0.15) is 5.10 Å². The maximum atomic E-state index is 5.60. The molecule has 1 aliphatic heterocycles. The van der Waals surface area contributed by atoms with Crippen molar-refractivity contribution in [1.82, 2.24) is 14.8 Å². The molecule has 5 nitrogen and oxygen atoms in total. The highest BCUT2D eigenvalue weighted by molar-refractivity contribution is 9.09. The summed E-state index contributed by atoms with van der Waals surface area (Å²) in [6.07, 6.45) is 3.88. The third-order valence-corrected chi connectivity index (χ3v) is 5.59. The molecule has 2 aromatic heterocycles. The lowest BCUT2D eigenvalue weighted by Gasteiger charge is -2.32. The van der Waals surface area contributed by atoms with Gasteiger partial charge in [0, 0.05) is 23.0 Å². The fourth-order valence-electron chi connectivity index (χ4n) is 3.64. The summed E-state index contributed by atoms with van der Waals surface area (Å²) in [5.41, 5.74) is 4.48. The molecule has 4 aromatic rings. The second-order valence-electron chi connectivity index (χ2n) is 6.77. The number of halogens is 1. The molecule has 1 aliphatic rings. The molecule has 2 aromatic carbocycles. The van der Waals surface area contributed by atoms with Crippen molar-refractivity contribution in [2.75, 3.05) is 24.6 Å². The van der Waals surface area contributed by atoms with E-state index in [9.17, 15) is 0 Å². The van der Waals surface area contributed by atoms with Crippen LogP contribution in [0.1, 0.15) is 5.56 Å². The number of hydrogen-bond donors (Lipinski definition) is 0. The molecule has 1 atom stereocenters. The predicted octanol–water partition coefficient (Wildman–Crippen LogP) is 4.19. The van der Waals surface area contributed by atoms with Crippen molar-refractivity contribution in [2.45, 2.75) is 11.6 Å². The Hall–Kier alpha value is -2.44. The summed E-state index contributed by atoms with van der Waals surface area (Å²) < 4.78 is 7.62. The smallest absolute Gasteiger partial charge is 0.129 e. The molecule has 0 amide bonds. The van der Waals surface area contributed by atoms with Crippen LogP contribution in [0.3, 0.4) is 0 Å². The second kappa shape index (κ2) is 6.94. The SMILES string of the molecule is BrC1CN(c2ccc3ncc4c(cnn4Cc4ccccc4)c3c2)CCO1. The average molecular weight is 423 g/mol. The maximum absolute atomic E-state index is 5.60. The lowest BCUT2D eigenvalue weighted by atomic mass is 10.1. The van der Waals surface area contributed by atoms with E-state index in [0.29, 0.717) is 0 Å². The van der Waals surface area contributed by atoms with Gasteiger partial charge in [-0.05, 0) is 23.8 Å². The zero-order valence-electron chi connectivity index (χ0n) is 14.8. The van der Waals surface area contributed by atoms with Crippen molar-refractivity contribution < 1.29 is 4.74 Å². The Bertz CT molecular complexity index is 1100. The number of hydrogen-bond acceptors (Lipinski definition) is 4. The molecule has 0 aliphatic carbocycles. The van der Waals surface area contributed by atoms with Crippen LogP contribution in [0.25, 0.3) is 21.8 Å². The maximum Gasteiger partial charge on any atom is 0.129 e. The molecule has 0 bridgehead atoms. The number of morpholine rings is 1. The molecule has 1 saturated heterocycles. The third kappa shape index (κ3) is 3.19. The predicted molar refractivity (Wildman–Crippen MR) is 111 cm³/mol. The Balaban J connectivity index is 1.56. The lowest BCUT2D eigenvalue weighted by Crippen LogP contribution is -2.39. The molecule has 136 valence electrons. The van der Waals surface area contributed by atoms with E-state index in [1.807, 2.05) is 23.1 Å². The molecule has 3 heterocycles. The van der Waals surface area contributed by atoms with Crippen molar-refractivity contribution in [1.29, 1.82) is 0 Å². The fourth-order valence-corrected chi connectivity index (χ4v) is 4.18. The first kappa shape index (κ1) is 16.7. The molecule has 0 radical (unpaired) electrons. The van der Waals surface area contributed by atoms with Gasteiger partial charge < -0.3 is 9.64 Å². The van der Waals surface area contributed by atoms with E-state index in [4.69, 9.17) is 4.74 Å². The summed E-state index contributed by atoms with van der Waals surface area (Å²) in [6.45, 7) is 3.20. The van der Waals surface area contributed by atoms with Crippen LogP contribution in [-0.4, -0.2) is 39.5 Å². The minimum atomic E-state index is 0.0736. The first-order valence-electron chi connectivity index (χ1n) is 9.07. The van der Waals surface area contributed by atoms with Gasteiger partial charge in [0.1, 0.15) is 5.01 Å². The van der Waals surface area contributed by atoms with E-state index in [0.717, 1.165) is 48.0 Å². The van der Waals surface area contributed by atoms with E-state index in [2.05, 4.69) is 73.4 Å². The van der Waals surface area contributed by atoms with Gasteiger partial charge in [-0.15, -0.1) is 0 Å². The molecule has 5 rings (SSSR count). The Labute approximate surface area is 165 Å². The number of rotatable bonds is 3. The molecule has 6 heteroatoms. The number of alkyl halides is 1. The van der Waals surface area contributed by atoms with Crippen LogP contribution in [0.2, 0.25) is 0 Å². The van der Waals surface area contributed by atoms with Crippen molar-refractivity contribution in [3.05, 3.63) is 66.5 Å². The molecule has 1 fully saturated rings. The largest absolute Gasteiger partial charge is 0.366 e. The first-order chi connectivity index (χ1) is 13.3. The highest BCUT2D eigenvalue weighted by atomic mass is 79.9. The number of anilines is 1. The monoisotopic (exact) mass is 422 g/mol. The number of aromatic nitrogens is 3. The van der Waals surface area contributed by atoms with Crippen LogP contribution in [0.5, 0.6) is 0 Å².